The summed E-state index contributed by atoms with van der Waals surface area (Å²) in [4.78, 5) is 17.6. The Morgan fingerprint density at radius 1 is 1.21 bits per heavy atom. The lowest BCUT2D eigenvalue weighted by atomic mass is 9.89. The molecule has 0 spiro atoms. The van der Waals surface area contributed by atoms with Crippen molar-refractivity contribution in [2.45, 2.75) is 61.7 Å². The highest BCUT2D eigenvalue weighted by Gasteiger charge is 2.26. The van der Waals surface area contributed by atoms with Crippen molar-refractivity contribution < 1.29 is 4.79 Å². The first-order chi connectivity index (χ1) is 15.9. The molecule has 174 valence electrons. The van der Waals surface area contributed by atoms with Gasteiger partial charge in [-0.3, -0.25) is 9.69 Å². The van der Waals surface area contributed by atoms with Crippen LogP contribution in [0.15, 0.2) is 36.4 Å². The Morgan fingerprint density at radius 3 is 2.64 bits per heavy atom. The smallest absolute Gasteiger partial charge is 0.251 e. The Kier molecular flexibility index (Phi) is 7.83. The first kappa shape index (κ1) is 24.3. The molecule has 1 saturated carbocycles. The van der Waals surface area contributed by atoms with Gasteiger partial charge in [-0.05, 0) is 80.5 Å². The second-order valence-corrected chi connectivity index (χ2v) is 11.4. The van der Waals surface area contributed by atoms with Gasteiger partial charge in [0.2, 0.25) is 0 Å². The van der Waals surface area contributed by atoms with Crippen molar-refractivity contribution in [2.24, 2.45) is 0 Å². The number of fused-ring (bicyclic) bond motifs is 1. The van der Waals surface area contributed by atoms with Gasteiger partial charge >= 0.3 is 0 Å². The average Bonchev–Trinajstić information content (AvgIpc) is 2.83. The second kappa shape index (κ2) is 10.6. The molecule has 5 nitrogen and oxygen atoms in total. The van der Waals surface area contributed by atoms with Crippen LogP contribution < -0.4 is 10.2 Å². The van der Waals surface area contributed by atoms with Crippen LogP contribution in [0.5, 0.6) is 0 Å². The lowest BCUT2D eigenvalue weighted by Gasteiger charge is -2.36. The number of nitrogens with one attached hydrogen (secondary N) is 1. The molecule has 1 aliphatic carbocycles. The van der Waals surface area contributed by atoms with Crippen LogP contribution in [0.4, 0.5) is 5.69 Å². The molecule has 7 heteroatoms. The van der Waals surface area contributed by atoms with Gasteiger partial charge in [0.1, 0.15) is 6.07 Å². The summed E-state index contributed by atoms with van der Waals surface area (Å²) in [6, 6.07) is 14.5. The van der Waals surface area contributed by atoms with Crippen LogP contribution in [0.25, 0.3) is 0 Å². The van der Waals surface area contributed by atoms with E-state index in [-0.39, 0.29) is 11.9 Å². The maximum absolute atomic E-state index is 12.9. The van der Waals surface area contributed by atoms with Crippen LogP contribution in [-0.2, 0) is 13.0 Å². The van der Waals surface area contributed by atoms with Gasteiger partial charge in [0, 0.05) is 43.5 Å². The SMILES string of the molecule is CC(I)N1CCc2cc(C(=O)N[C@H]3CC[C@H](N(C)c4ccc(C#N)c(Cl)c4)CC3)ccc2C1. The Bertz CT molecular complexity index is 1060. The summed E-state index contributed by atoms with van der Waals surface area (Å²) in [7, 11) is 2.08. The van der Waals surface area contributed by atoms with Crippen molar-refractivity contribution in [3.8, 4) is 6.07 Å². The van der Waals surface area contributed by atoms with Crippen LogP contribution in [0.2, 0.25) is 5.02 Å². The summed E-state index contributed by atoms with van der Waals surface area (Å²) in [5.41, 5.74) is 4.95. The topological polar surface area (TPSA) is 59.4 Å². The minimum Gasteiger partial charge on any atom is -0.372 e. The summed E-state index contributed by atoms with van der Waals surface area (Å²) in [6.45, 7) is 4.23. The molecular weight excluding hydrogens is 547 g/mol. The number of halogens is 2. The quantitative estimate of drug-likeness (QED) is 0.289. The number of benzene rings is 2. The van der Waals surface area contributed by atoms with E-state index in [0.717, 1.165) is 56.4 Å². The number of carbonyl (C=O) groups excluding carboxylic acids is 1. The van der Waals surface area contributed by atoms with Crippen molar-refractivity contribution in [1.29, 1.82) is 5.26 Å². The normalized spacial score (nSPS) is 21.5. The number of hydrogen-bond acceptors (Lipinski definition) is 4. The van der Waals surface area contributed by atoms with Gasteiger partial charge in [0.05, 0.1) is 14.6 Å². The number of amides is 1. The Balaban J connectivity index is 1.31. The molecule has 2 aromatic rings. The van der Waals surface area contributed by atoms with Gasteiger partial charge < -0.3 is 10.2 Å². The highest BCUT2D eigenvalue weighted by atomic mass is 127. The Labute approximate surface area is 215 Å². The molecule has 1 fully saturated rings. The van der Waals surface area contributed by atoms with Gasteiger partial charge in [-0.15, -0.1) is 0 Å². The molecule has 2 aliphatic rings. The van der Waals surface area contributed by atoms with Crippen molar-refractivity contribution in [3.63, 3.8) is 0 Å². The van der Waals surface area contributed by atoms with Gasteiger partial charge in [0.25, 0.3) is 5.91 Å². The molecule has 0 saturated heterocycles. The molecule has 1 N–H and O–H groups in total. The highest BCUT2D eigenvalue weighted by molar-refractivity contribution is 14.1. The third-order valence-electron chi connectivity index (χ3n) is 7.07. The van der Waals surface area contributed by atoms with Gasteiger partial charge in [-0.25, -0.2) is 0 Å². The van der Waals surface area contributed by atoms with E-state index >= 15 is 0 Å². The minimum atomic E-state index is 0.0400. The summed E-state index contributed by atoms with van der Waals surface area (Å²) < 4.78 is 0.516. The summed E-state index contributed by atoms with van der Waals surface area (Å²) in [5, 5.41) is 12.8. The predicted molar refractivity (Wildman–Crippen MR) is 142 cm³/mol. The van der Waals surface area contributed by atoms with Gasteiger partial charge in [-0.1, -0.05) is 40.3 Å². The number of carbonyl (C=O) groups is 1. The van der Waals surface area contributed by atoms with Crippen molar-refractivity contribution >= 4 is 45.8 Å². The van der Waals surface area contributed by atoms with E-state index in [1.807, 2.05) is 18.2 Å². The molecule has 1 aliphatic heterocycles. The van der Waals surface area contributed by atoms with Crippen LogP contribution in [0.1, 0.15) is 59.7 Å². The molecule has 0 radical (unpaired) electrons. The molecule has 2 aromatic carbocycles. The number of nitriles is 1. The molecule has 0 bridgehead atoms. The lowest BCUT2D eigenvalue weighted by molar-refractivity contribution is 0.0925. The largest absolute Gasteiger partial charge is 0.372 e. The van der Waals surface area contributed by atoms with E-state index < -0.39 is 0 Å². The third-order valence-corrected chi connectivity index (χ3v) is 8.17. The maximum Gasteiger partial charge on any atom is 0.251 e. The zero-order chi connectivity index (χ0) is 23.5. The van der Waals surface area contributed by atoms with Crippen molar-refractivity contribution in [3.05, 3.63) is 63.7 Å². The fourth-order valence-corrected chi connectivity index (χ4v) is 5.61. The van der Waals surface area contributed by atoms with E-state index in [1.165, 1.54) is 11.1 Å². The number of rotatable bonds is 5. The maximum atomic E-state index is 12.9. The minimum absolute atomic E-state index is 0.0400. The monoisotopic (exact) mass is 576 g/mol. The fraction of sp³-hybridized carbons (Fsp3) is 0.462. The average molecular weight is 577 g/mol. The van der Waals surface area contributed by atoms with Crippen LogP contribution in [0.3, 0.4) is 0 Å². The first-order valence-electron chi connectivity index (χ1n) is 11.6. The molecule has 1 unspecified atom stereocenters. The summed E-state index contributed by atoms with van der Waals surface area (Å²) in [5.74, 6) is 0.0400. The molecule has 4 rings (SSSR count). The zero-order valence-corrected chi connectivity index (χ0v) is 22.1. The van der Waals surface area contributed by atoms with Crippen molar-refractivity contribution in [2.75, 3.05) is 18.5 Å². The molecular formula is C26H30ClIN4O. The Morgan fingerprint density at radius 2 is 1.97 bits per heavy atom. The second-order valence-electron chi connectivity index (χ2n) is 9.14. The van der Waals surface area contributed by atoms with E-state index in [4.69, 9.17) is 16.9 Å². The lowest BCUT2D eigenvalue weighted by Crippen LogP contribution is -2.43. The van der Waals surface area contributed by atoms with E-state index in [0.29, 0.717) is 20.7 Å². The molecule has 1 amide bonds. The molecule has 0 aromatic heterocycles. The van der Waals surface area contributed by atoms with E-state index in [9.17, 15) is 4.79 Å². The number of hydrogen-bond donors (Lipinski definition) is 1. The van der Waals surface area contributed by atoms with Gasteiger partial charge in [-0.2, -0.15) is 5.26 Å². The standard InChI is InChI=1S/C26H30ClIN4O/c1-17(28)32-12-11-18-13-19(3-4-21(18)16-32)26(33)30-22-6-9-23(10-7-22)31(2)24-8-5-20(15-29)25(27)14-24/h3-5,8,13-14,17,22-23H,6-7,9-12,16H2,1-2H3,(H,30,33)/t17?,22-,23-. The van der Waals surface area contributed by atoms with E-state index in [1.54, 1.807) is 6.07 Å². The predicted octanol–water partition coefficient (Wildman–Crippen LogP) is 5.53. The fourth-order valence-electron chi connectivity index (χ4n) is 4.92. The summed E-state index contributed by atoms with van der Waals surface area (Å²) in [6.07, 6.45) is 4.93. The summed E-state index contributed by atoms with van der Waals surface area (Å²) >= 11 is 8.68. The number of nitrogens with zero attached hydrogens (tertiary/aromatic N) is 3. The zero-order valence-electron chi connectivity index (χ0n) is 19.2. The molecule has 1 heterocycles. The van der Waals surface area contributed by atoms with Gasteiger partial charge in [0.15, 0.2) is 0 Å². The van der Waals surface area contributed by atoms with Crippen LogP contribution in [0, 0.1) is 11.3 Å². The first-order valence-corrected chi connectivity index (χ1v) is 13.2. The van der Waals surface area contributed by atoms with Crippen molar-refractivity contribution in [1.82, 2.24) is 10.2 Å². The number of anilines is 1. The molecule has 33 heavy (non-hydrogen) atoms. The highest BCUT2D eigenvalue weighted by Crippen LogP contribution is 2.30. The third kappa shape index (κ3) is 5.64. The van der Waals surface area contributed by atoms with Crippen LogP contribution >= 0.6 is 34.2 Å². The Hall–Kier alpha value is -1.82. The van der Waals surface area contributed by atoms with E-state index in [2.05, 4.69) is 69.9 Å². The number of alkyl halides is 1. The molecule has 1 atom stereocenters. The van der Waals surface area contributed by atoms with Crippen LogP contribution in [-0.4, -0.2) is 40.5 Å².